The molecule has 0 unspecified atom stereocenters. The van der Waals surface area contributed by atoms with E-state index < -0.39 is 10.0 Å². The van der Waals surface area contributed by atoms with Gasteiger partial charge in [-0.2, -0.15) is 0 Å². The molecule has 1 aromatic heterocycles. The molecule has 1 heterocycles. The number of thiophene rings is 1. The van der Waals surface area contributed by atoms with E-state index in [1.165, 1.54) is 11.3 Å². The Kier molecular flexibility index (Phi) is 5.03. The maximum absolute atomic E-state index is 12.5. The number of sulfonamides is 1. The van der Waals surface area contributed by atoms with Crippen LogP contribution in [0.25, 0.3) is 0 Å². The lowest BCUT2D eigenvalue weighted by atomic mass is 10.1. The highest BCUT2D eigenvalue weighted by Gasteiger charge is 2.19. The number of hydrogen-bond donors (Lipinski definition) is 2. The summed E-state index contributed by atoms with van der Waals surface area (Å²) in [5.41, 5.74) is 8.20. The molecule has 1 aromatic carbocycles. The van der Waals surface area contributed by atoms with E-state index in [0.717, 1.165) is 28.8 Å². The van der Waals surface area contributed by atoms with E-state index in [0.29, 0.717) is 16.4 Å². The molecule has 4 nitrogen and oxygen atoms in total. The third-order valence-electron chi connectivity index (χ3n) is 3.23. The van der Waals surface area contributed by atoms with Crippen molar-refractivity contribution < 1.29 is 8.42 Å². The molecule has 0 aliphatic carbocycles. The molecule has 0 spiro atoms. The Morgan fingerprint density at radius 2 is 2.00 bits per heavy atom. The Hall–Kier alpha value is -1.37. The third-order valence-corrected chi connectivity index (χ3v) is 6.33. The largest absolute Gasteiger partial charge is 0.326 e. The van der Waals surface area contributed by atoms with Crippen LogP contribution >= 0.6 is 11.3 Å². The van der Waals surface area contributed by atoms with Crippen LogP contribution in [-0.4, -0.2) is 8.42 Å². The summed E-state index contributed by atoms with van der Waals surface area (Å²) in [7, 11) is -3.55. The van der Waals surface area contributed by atoms with E-state index in [-0.39, 0.29) is 0 Å². The number of anilines is 1. The molecule has 0 aliphatic heterocycles. The second-order valence-electron chi connectivity index (χ2n) is 4.89. The number of aryl methyl sites for hydroxylation is 2. The van der Waals surface area contributed by atoms with Gasteiger partial charge >= 0.3 is 0 Å². The molecule has 0 bridgehead atoms. The number of nitrogens with two attached hydrogens (primary N) is 1. The van der Waals surface area contributed by atoms with Crippen molar-refractivity contribution in [2.75, 3.05) is 4.72 Å². The van der Waals surface area contributed by atoms with Crippen LogP contribution in [0.3, 0.4) is 0 Å². The Morgan fingerprint density at radius 3 is 2.62 bits per heavy atom. The van der Waals surface area contributed by atoms with Crippen molar-refractivity contribution in [1.82, 2.24) is 0 Å². The number of nitrogens with one attached hydrogen (secondary N) is 1. The van der Waals surface area contributed by atoms with Crippen LogP contribution < -0.4 is 10.5 Å². The van der Waals surface area contributed by atoms with Crippen molar-refractivity contribution in [3.63, 3.8) is 0 Å². The van der Waals surface area contributed by atoms with E-state index in [9.17, 15) is 8.42 Å². The number of rotatable bonds is 6. The fourth-order valence-electron chi connectivity index (χ4n) is 2.13. The summed E-state index contributed by atoms with van der Waals surface area (Å²) < 4.78 is 28.0. The summed E-state index contributed by atoms with van der Waals surface area (Å²) in [6, 6.07) is 9.18. The van der Waals surface area contributed by atoms with E-state index in [2.05, 4.69) is 11.6 Å². The molecule has 3 N–H and O–H groups in total. The monoisotopic (exact) mass is 324 g/mol. The molecule has 0 saturated heterocycles. The fraction of sp³-hybridized carbons (Fsp3) is 0.333. The van der Waals surface area contributed by atoms with Crippen LogP contribution in [-0.2, 0) is 23.0 Å². The summed E-state index contributed by atoms with van der Waals surface area (Å²) in [5, 5.41) is 0. The summed E-state index contributed by atoms with van der Waals surface area (Å²) in [5.74, 6) is 0. The van der Waals surface area contributed by atoms with Crippen LogP contribution in [0.4, 0.5) is 5.69 Å². The SMILES string of the molecule is CCCc1ccccc1NS(=O)(=O)c1cc(C)c(CN)s1. The molecule has 0 fully saturated rings. The lowest BCUT2D eigenvalue weighted by Gasteiger charge is -2.11. The smallest absolute Gasteiger partial charge is 0.271 e. The summed E-state index contributed by atoms with van der Waals surface area (Å²) >= 11 is 1.23. The fourth-order valence-corrected chi connectivity index (χ4v) is 4.69. The molecule has 6 heteroatoms. The maximum atomic E-state index is 12.5. The van der Waals surface area contributed by atoms with Gasteiger partial charge in [0.15, 0.2) is 0 Å². The predicted molar refractivity (Wildman–Crippen MR) is 88.2 cm³/mol. The van der Waals surface area contributed by atoms with Gasteiger partial charge in [-0.25, -0.2) is 8.42 Å². The van der Waals surface area contributed by atoms with E-state index >= 15 is 0 Å². The van der Waals surface area contributed by atoms with Crippen molar-refractivity contribution >= 4 is 27.0 Å². The minimum absolute atomic E-state index is 0.312. The lowest BCUT2D eigenvalue weighted by Crippen LogP contribution is -2.13. The molecule has 2 aromatic rings. The minimum atomic E-state index is -3.55. The van der Waals surface area contributed by atoms with Gasteiger partial charge in [-0.05, 0) is 36.6 Å². The van der Waals surface area contributed by atoms with Crippen molar-refractivity contribution in [3.8, 4) is 0 Å². The van der Waals surface area contributed by atoms with Gasteiger partial charge in [0.05, 0.1) is 5.69 Å². The second-order valence-corrected chi connectivity index (χ2v) is 7.93. The van der Waals surface area contributed by atoms with Gasteiger partial charge in [-0.15, -0.1) is 11.3 Å². The molecule has 0 aliphatic rings. The van der Waals surface area contributed by atoms with Crippen LogP contribution in [0.2, 0.25) is 0 Å². The Labute approximate surface area is 130 Å². The lowest BCUT2D eigenvalue weighted by molar-refractivity contribution is 0.603. The molecule has 114 valence electrons. The zero-order valence-corrected chi connectivity index (χ0v) is 13.9. The Balaban J connectivity index is 2.33. The van der Waals surface area contributed by atoms with E-state index in [1.807, 2.05) is 25.1 Å². The highest BCUT2D eigenvalue weighted by atomic mass is 32.2. The van der Waals surface area contributed by atoms with Gasteiger partial charge in [0.1, 0.15) is 4.21 Å². The molecule has 2 rings (SSSR count). The van der Waals surface area contributed by atoms with Crippen molar-refractivity contribution in [1.29, 1.82) is 0 Å². The van der Waals surface area contributed by atoms with Crippen molar-refractivity contribution in [2.24, 2.45) is 5.73 Å². The first-order valence-electron chi connectivity index (χ1n) is 6.88. The molecule has 0 radical (unpaired) electrons. The van der Waals surface area contributed by atoms with Gasteiger partial charge in [-0.1, -0.05) is 31.5 Å². The molecular formula is C15H20N2O2S2. The van der Waals surface area contributed by atoms with Gasteiger partial charge in [0, 0.05) is 11.4 Å². The average molecular weight is 324 g/mol. The van der Waals surface area contributed by atoms with E-state index in [1.54, 1.807) is 12.1 Å². The molecular weight excluding hydrogens is 304 g/mol. The van der Waals surface area contributed by atoms with E-state index in [4.69, 9.17) is 5.73 Å². The number of benzene rings is 1. The first-order chi connectivity index (χ1) is 9.97. The molecule has 0 amide bonds. The topological polar surface area (TPSA) is 72.2 Å². The molecule has 0 atom stereocenters. The highest BCUT2D eigenvalue weighted by Crippen LogP contribution is 2.28. The van der Waals surface area contributed by atoms with Crippen LogP contribution in [0.5, 0.6) is 0 Å². The van der Waals surface area contributed by atoms with Gasteiger partial charge in [-0.3, -0.25) is 4.72 Å². The molecule has 0 saturated carbocycles. The van der Waals surface area contributed by atoms with Crippen LogP contribution in [0.1, 0.15) is 29.3 Å². The summed E-state index contributed by atoms with van der Waals surface area (Å²) in [6.45, 7) is 4.31. The van der Waals surface area contributed by atoms with Crippen molar-refractivity contribution in [3.05, 3.63) is 46.3 Å². The van der Waals surface area contributed by atoms with Gasteiger partial charge in [0.2, 0.25) is 0 Å². The van der Waals surface area contributed by atoms with Crippen molar-refractivity contribution in [2.45, 2.75) is 37.4 Å². The number of para-hydroxylation sites is 1. The first kappa shape index (κ1) is 16.0. The summed E-state index contributed by atoms with van der Waals surface area (Å²) in [4.78, 5) is 0.900. The first-order valence-corrected chi connectivity index (χ1v) is 9.18. The molecule has 21 heavy (non-hydrogen) atoms. The standard InChI is InChI=1S/C15H20N2O2S2/c1-3-6-12-7-4-5-8-13(12)17-21(18,19)15-9-11(2)14(10-16)20-15/h4-5,7-9,17H,3,6,10,16H2,1-2H3. The highest BCUT2D eigenvalue weighted by molar-refractivity contribution is 7.94. The van der Waals surface area contributed by atoms with Gasteiger partial charge in [0.25, 0.3) is 10.0 Å². The maximum Gasteiger partial charge on any atom is 0.271 e. The summed E-state index contributed by atoms with van der Waals surface area (Å²) in [6.07, 6.45) is 1.81. The average Bonchev–Trinajstić information content (AvgIpc) is 2.83. The zero-order chi connectivity index (χ0) is 15.5. The normalized spacial score (nSPS) is 11.6. The predicted octanol–water partition coefficient (Wildman–Crippen LogP) is 3.27. The zero-order valence-electron chi connectivity index (χ0n) is 12.2. The minimum Gasteiger partial charge on any atom is -0.326 e. The van der Waals surface area contributed by atoms with Gasteiger partial charge < -0.3 is 5.73 Å². The third kappa shape index (κ3) is 3.64. The van der Waals surface area contributed by atoms with Crippen LogP contribution in [0.15, 0.2) is 34.5 Å². The Bertz CT molecular complexity index is 721. The Morgan fingerprint density at radius 1 is 1.29 bits per heavy atom. The van der Waals surface area contributed by atoms with Crippen LogP contribution in [0, 0.1) is 6.92 Å². The number of hydrogen-bond acceptors (Lipinski definition) is 4. The second kappa shape index (κ2) is 6.60. The quantitative estimate of drug-likeness (QED) is 0.856.